The van der Waals surface area contributed by atoms with Crippen molar-refractivity contribution in [3.05, 3.63) is 12.3 Å². The van der Waals surface area contributed by atoms with Gasteiger partial charge in [0.2, 0.25) is 0 Å². The highest BCUT2D eigenvalue weighted by Crippen LogP contribution is 2.01. The van der Waals surface area contributed by atoms with Gasteiger partial charge in [-0.3, -0.25) is 4.79 Å². The van der Waals surface area contributed by atoms with E-state index >= 15 is 0 Å². The number of carbonyl (C=O) groups excluding carboxylic acids is 1. The Morgan fingerprint density at radius 1 is 1.38 bits per heavy atom. The standard InChI is InChI=1S/C11H21NO/c1-5-11(13)10(4)6-7-12-8-9(2)3/h6-7,9-10,12H,5,8H2,1-4H3/b7-6-. The molecule has 1 atom stereocenters. The number of ketones is 1. The molecule has 1 unspecified atom stereocenters. The Labute approximate surface area is 81.4 Å². The van der Waals surface area contributed by atoms with Crippen LogP contribution in [0.15, 0.2) is 12.3 Å². The zero-order chi connectivity index (χ0) is 10.3. The first kappa shape index (κ1) is 12.2. The topological polar surface area (TPSA) is 29.1 Å². The van der Waals surface area contributed by atoms with E-state index in [0.717, 1.165) is 6.54 Å². The Hall–Kier alpha value is -0.790. The summed E-state index contributed by atoms with van der Waals surface area (Å²) in [4.78, 5) is 11.2. The van der Waals surface area contributed by atoms with Crippen molar-refractivity contribution in [3.8, 4) is 0 Å². The number of carbonyl (C=O) groups is 1. The van der Waals surface area contributed by atoms with Crippen molar-refractivity contribution in [3.63, 3.8) is 0 Å². The van der Waals surface area contributed by atoms with E-state index in [4.69, 9.17) is 0 Å². The number of rotatable bonds is 6. The lowest BCUT2D eigenvalue weighted by Crippen LogP contribution is -2.14. The zero-order valence-electron chi connectivity index (χ0n) is 9.13. The maximum absolute atomic E-state index is 11.2. The zero-order valence-corrected chi connectivity index (χ0v) is 9.13. The second kappa shape index (κ2) is 6.70. The van der Waals surface area contributed by atoms with Gasteiger partial charge >= 0.3 is 0 Å². The largest absolute Gasteiger partial charge is 0.391 e. The van der Waals surface area contributed by atoms with Crippen LogP contribution < -0.4 is 5.32 Å². The summed E-state index contributed by atoms with van der Waals surface area (Å²) in [7, 11) is 0. The average Bonchev–Trinajstić information content (AvgIpc) is 2.10. The molecule has 76 valence electrons. The van der Waals surface area contributed by atoms with Gasteiger partial charge in [0, 0.05) is 18.9 Å². The lowest BCUT2D eigenvalue weighted by Gasteiger charge is -2.05. The van der Waals surface area contributed by atoms with Gasteiger partial charge in [-0.25, -0.2) is 0 Å². The van der Waals surface area contributed by atoms with Gasteiger partial charge in [0.05, 0.1) is 0 Å². The summed E-state index contributed by atoms with van der Waals surface area (Å²) in [6.07, 6.45) is 4.43. The molecule has 0 amide bonds. The van der Waals surface area contributed by atoms with Gasteiger partial charge in [0.15, 0.2) is 0 Å². The quantitative estimate of drug-likeness (QED) is 0.685. The minimum absolute atomic E-state index is 0.0460. The van der Waals surface area contributed by atoms with E-state index in [1.807, 2.05) is 26.1 Å². The Morgan fingerprint density at radius 2 is 2.00 bits per heavy atom. The Bertz CT molecular complexity index is 173. The number of nitrogens with one attached hydrogen (secondary N) is 1. The van der Waals surface area contributed by atoms with Crippen molar-refractivity contribution in [2.45, 2.75) is 34.1 Å². The van der Waals surface area contributed by atoms with Crippen molar-refractivity contribution in [2.24, 2.45) is 11.8 Å². The highest BCUT2D eigenvalue weighted by molar-refractivity contribution is 5.81. The van der Waals surface area contributed by atoms with Crippen LogP contribution in [-0.4, -0.2) is 12.3 Å². The fourth-order valence-electron chi connectivity index (χ4n) is 0.945. The van der Waals surface area contributed by atoms with E-state index < -0.39 is 0 Å². The van der Waals surface area contributed by atoms with Gasteiger partial charge in [-0.1, -0.05) is 33.8 Å². The first-order chi connectivity index (χ1) is 6.07. The highest BCUT2D eigenvalue weighted by atomic mass is 16.1. The Morgan fingerprint density at radius 3 is 2.46 bits per heavy atom. The second-order valence-electron chi connectivity index (χ2n) is 3.77. The highest BCUT2D eigenvalue weighted by Gasteiger charge is 2.05. The minimum atomic E-state index is 0.0460. The van der Waals surface area contributed by atoms with Crippen LogP contribution in [0.4, 0.5) is 0 Å². The summed E-state index contributed by atoms with van der Waals surface area (Å²) in [6.45, 7) is 9.10. The molecular weight excluding hydrogens is 162 g/mol. The molecule has 0 radical (unpaired) electrons. The van der Waals surface area contributed by atoms with Gasteiger partial charge < -0.3 is 5.32 Å². The number of allylic oxidation sites excluding steroid dienone is 1. The third-order valence-corrected chi connectivity index (χ3v) is 1.89. The molecule has 0 aliphatic heterocycles. The molecule has 0 aromatic rings. The molecule has 0 fully saturated rings. The van der Waals surface area contributed by atoms with Crippen molar-refractivity contribution >= 4 is 5.78 Å². The molecule has 0 heterocycles. The number of hydrogen-bond donors (Lipinski definition) is 1. The van der Waals surface area contributed by atoms with Crippen molar-refractivity contribution in [1.29, 1.82) is 0 Å². The van der Waals surface area contributed by atoms with E-state index in [2.05, 4.69) is 19.2 Å². The smallest absolute Gasteiger partial charge is 0.139 e. The molecule has 1 N–H and O–H groups in total. The van der Waals surface area contributed by atoms with Crippen LogP contribution in [0.3, 0.4) is 0 Å². The van der Waals surface area contributed by atoms with Crippen molar-refractivity contribution in [2.75, 3.05) is 6.54 Å². The van der Waals surface area contributed by atoms with E-state index in [1.165, 1.54) is 0 Å². The molecule has 0 aliphatic carbocycles. The second-order valence-corrected chi connectivity index (χ2v) is 3.77. The maximum atomic E-state index is 11.2. The van der Waals surface area contributed by atoms with Gasteiger partial charge in [0.25, 0.3) is 0 Å². The molecular formula is C11H21NO. The van der Waals surface area contributed by atoms with E-state index in [0.29, 0.717) is 18.1 Å². The third kappa shape index (κ3) is 6.38. The molecule has 0 saturated heterocycles. The van der Waals surface area contributed by atoms with Crippen LogP contribution in [0.5, 0.6) is 0 Å². The van der Waals surface area contributed by atoms with Crippen LogP contribution >= 0.6 is 0 Å². The SMILES string of the molecule is CCC(=O)C(C)/C=C\NCC(C)C. The summed E-state index contributed by atoms with van der Waals surface area (Å²) < 4.78 is 0. The average molecular weight is 183 g/mol. The molecule has 2 heteroatoms. The molecule has 13 heavy (non-hydrogen) atoms. The van der Waals surface area contributed by atoms with Gasteiger partial charge in [0.1, 0.15) is 5.78 Å². The van der Waals surface area contributed by atoms with E-state index in [9.17, 15) is 4.79 Å². The number of Topliss-reactive ketones (excluding diaryl/α,β-unsaturated/α-hetero) is 1. The molecule has 0 saturated carbocycles. The molecule has 0 bridgehead atoms. The first-order valence-electron chi connectivity index (χ1n) is 5.00. The summed E-state index contributed by atoms with van der Waals surface area (Å²) in [5.41, 5.74) is 0. The van der Waals surface area contributed by atoms with Crippen molar-refractivity contribution < 1.29 is 4.79 Å². The Balaban J connectivity index is 3.65. The minimum Gasteiger partial charge on any atom is -0.391 e. The van der Waals surface area contributed by atoms with Gasteiger partial charge in [-0.2, -0.15) is 0 Å². The number of hydrogen-bond acceptors (Lipinski definition) is 2. The predicted octanol–water partition coefficient (Wildman–Crippen LogP) is 2.36. The summed E-state index contributed by atoms with van der Waals surface area (Å²) >= 11 is 0. The monoisotopic (exact) mass is 183 g/mol. The summed E-state index contributed by atoms with van der Waals surface area (Å²) in [5, 5.41) is 3.16. The Kier molecular flexibility index (Phi) is 6.29. The van der Waals surface area contributed by atoms with Crippen LogP contribution in [0, 0.1) is 11.8 Å². The van der Waals surface area contributed by atoms with E-state index in [1.54, 1.807) is 0 Å². The molecule has 0 aromatic heterocycles. The first-order valence-corrected chi connectivity index (χ1v) is 5.00. The van der Waals surface area contributed by atoms with Crippen molar-refractivity contribution in [1.82, 2.24) is 5.32 Å². The maximum Gasteiger partial charge on any atom is 0.139 e. The molecule has 0 aliphatic rings. The third-order valence-electron chi connectivity index (χ3n) is 1.89. The van der Waals surface area contributed by atoms with Gasteiger partial charge in [-0.05, 0) is 12.1 Å². The molecule has 0 spiro atoms. The normalized spacial score (nSPS) is 13.6. The fraction of sp³-hybridized carbons (Fsp3) is 0.727. The van der Waals surface area contributed by atoms with Gasteiger partial charge in [-0.15, -0.1) is 0 Å². The lowest BCUT2D eigenvalue weighted by molar-refractivity contribution is -0.120. The lowest BCUT2D eigenvalue weighted by atomic mass is 10.1. The molecule has 0 rings (SSSR count). The summed E-state index contributed by atoms with van der Waals surface area (Å²) in [5.74, 6) is 0.981. The fourth-order valence-corrected chi connectivity index (χ4v) is 0.945. The predicted molar refractivity (Wildman–Crippen MR) is 56.4 cm³/mol. The van der Waals surface area contributed by atoms with Crippen LogP contribution in [0.1, 0.15) is 34.1 Å². The molecule has 2 nitrogen and oxygen atoms in total. The molecule has 0 aromatic carbocycles. The van der Waals surface area contributed by atoms with Crippen LogP contribution in [0.25, 0.3) is 0 Å². The van der Waals surface area contributed by atoms with Crippen LogP contribution in [-0.2, 0) is 4.79 Å². The summed E-state index contributed by atoms with van der Waals surface area (Å²) in [6, 6.07) is 0. The van der Waals surface area contributed by atoms with E-state index in [-0.39, 0.29) is 5.92 Å². The van der Waals surface area contributed by atoms with Crippen LogP contribution in [0.2, 0.25) is 0 Å².